The third-order valence-electron chi connectivity index (χ3n) is 5.05. The number of rotatable bonds is 8. The summed E-state index contributed by atoms with van der Waals surface area (Å²) in [7, 11) is -4.15. The van der Waals surface area contributed by atoms with Crippen LogP contribution in [0, 0.1) is 0 Å². The van der Waals surface area contributed by atoms with E-state index in [1.165, 1.54) is 17.9 Å². The van der Waals surface area contributed by atoms with Gasteiger partial charge in [0.05, 0.1) is 17.5 Å². The minimum Gasteiger partial charge on any atom is -0.350 e. The molecule has 2 aromatic carbocycles. The van der Waals surface area contributed by atoms with E-state index in [9.17, 15) is 31.2 Å². The van der Waals surface area contributed by atoms with Gasteiger partial charge in [-0.25, -0.2) is 8.42 Å². The molecule has 2 aromatic rings. The Labute approximate surface area is 217 Å². The first-order valence-electron chi connectivity index (χ1n) is 10.9. The quantitative estimate of drug-likeness (QED) is 0.487. The van der Waals surface area contributed by atoms with E-state index in [1.807, 2.05) is 0 Å². The smallest absolute Gasteiger partial charge is 0.350 e. The SMILES string of the molecule is CC(C(=O)NC(C)(C)C)N(Cc1cccc(Br)c1)C(=O)CN(c1cccc(C(F)(F)F)c1)S(C)(=O)=O. The Hall–Kier alpha value is -2.60. The highest BCUT2D eigenvalue weighted by molar-refractivity contribution is 9.10. The zero-order chi connectivity index (χ0) is 27.5. The highest BCUT2D eigenvalue weighted by Crippen LogP contribution is 2.32. The van der Waals surface area contributed by atoms with Crippen molar-refractivity contribution in [2.75, 3.05) is 17.1 Å². The third kappa shape index (κ3) is 8.51. The molecule has 2 amide bonds. The van der Waals surface area contributed by atoms with Gasteiger partial charge >= 0.3 is 6.18 Å². The standard InChI is InChI=1S/C24H29BrF3N3O4S/c1-16(22(33)29-23(2,3)4)30(14-17-8-6-10-19(25)12-17)21(32)15-31(36(5,34)35)20-11-7-9-18(13-20)24(26,27)28/h6-13,16H,14-15H2,1-5H3,(H,29,33). The summed E-state index contributed by atoms with van der Waals surface area (Å²) in [5.74, 6) is -1.22. The van der Waals surface area contributed by atoms with Gasteiger partial charge in [0.25, 0.3) is 0 Å². The summed E-state index contributed by atoms with van der Waals surface area (Å²) in [4.78, 5) is 27.6. The number of sulfonamides is 1. The number of nitrogens with one attached hydrogen (secondary N) is 1. The molecule has 1 atom stereocenters. The van der Waals surface area contributed by atoms with Crippen LogP contribution >= 0.6 is 15.9 Å². The average molecular weight is 592 g/mol. The summed E-state index contributed by atoms with van der Waals surface area (Å²) in [5.41, 5.74) is -1.29. The van der Waals surface area contributed by atoms with E-state index in [0.717, 1.165) is 22.9 Å². The van der Waals surface area contributed by atoms with E-state index in [-0.39, 0.29) is 12.2 Å². The minimum atomic E-state index is -4.70. The van der Waals surface area contributed by atoms with Gasteiger partial charge in [0.1, 0.15) is 12.6 Å². The molecule has 0 aliphatic rings. The Morgan fingerprint density at radius 2 is 1.67 bits per heavy atom. The minimum absolute atomic E-state index is 0.0306. The molecule has 0 heterocycles. The van der Waals surface area contributed by atoms with E-state index >= 15 is 0 Å². The molecule has 1 N–H and O–H groups in total. The van der Waals surface area contributed by atoms with Gasteiger partial charge in [0.15, 0.2) is 0 Å². The second-order valence-electron chi connectivity index (χ2n) is 9.38. The summed E-state index contributed by atoms with van der Waals surface area (Å²) in [6.07, 6.45) is -3.90. The van der Waals surface area contributed by atoms with Crippen molar-refractivity contribution in [3.8, 4) is 0 Å². The van der Waals surface area contributed by atoms with Crippen LogP contribution < -0.4 is 9.62 Å². The lowest BCUT2D eigenvalue weighted by atomic mass is 10.1. The van der Waals surface area contributed by atoms with E-state index in [0.29, 0.717) is 15.9 Å². The fourth-order valence-electron chi connectivity index (χ4n) is 3.34. The zero-order valence-electron chi connectivity index (χ0n) is 20.6. The number of carbonyl (C=O) groups excluding carboxylic acids is 2. The number of nitrogens with zero attached hydrogens (tertiary/aromatic N) is 2. The average Bonchev–Trinajstić information content (AvgIpc) is 2.72. The molecule has 0 aromatic heterocycles. The predicted molar refractivity (Wildman–Crippen MR) is 136 cm³/mol. The summed E-state index contributed by atoms with van der Waals surface area (Å²) in [5, 5.41) is 2.79. The summed E-state index contributed by atoms with van der Waals surface area (Å²) >= 11 is 3.35. The van der Waals surface area contributed by atoms with E-state index < -0.39 is 51.7 Å². The second kappa shape index (κ2) is 11.2. The third-order valence-corrected chi connectivity index (χ3v) is 6.68. The number of carbonyl (C=O) groups is 2. The number of amides is 2. The summed E-state index contributed by atoms with van der Waals surface area (Å²) < 4.78 is 66.1. The first kappa shape index (κ1) is 29.6. The van der Waals surface area contributed by atoms with Crippen LogP contribution in [0.5, 0.6) is 0 Å². The van der Waals surface area contributed by atoms with E-state index in [1.54, 1.807) is 45.0 Å². The van der Waals surface area contributed by atoms with Crippen molar-refractivity contribution in [1.82, 2.24) is 10.2 Å². The van der Waals surface area contributed by atoms with Crippen LogP contribution in [0.15, 0.2) is 53.0 Å². The molecule has 0 fully saturated rings. The molecular weight excluding hydrogens is 563 g/mol. The Morgan fingerprint density at radius 3 is 2.19 bits per heavy atom. The fraction of sp³-hybridized carbons (Fsp3) is 0.417. The van der Waals surface area contributed by atoms with Crippen molar-refractivity contribution < 1.29 is 31.2 Å². The van der Waals surface area contributed by atoms with Gasteiger partial charge in [0.2, 0.25) is 21.8 Å². The molecule has 0 radical (unpaired) electrons. The molecule has 7 nitrogen and oxygen atoms in total. The monoisotopic (exact) mass is 591 g/mol. The lowest BCUT2D eigenvalue weighted by Gasteiger charge is -2.33. The maximum atomic E-state index is 13.5. The molecule has 0 saturated carbocycles. The number of benzene rings is 2. The van der Waals surface area contributed by atoms with Crippen LogP contribution in [-0.2, 0) is 32.3 Å². The molecule has 0 saturated heterocycles. The predicted octanol–water partition coefficient (Wildman–Crippen LogP) is 4.57. The van der Waals surface area contributed by atoms with Crippen LogP contribution in [0.2, 0.25) is 0 Å². The first-order chi connectivity index (χ1) is 16.4. The second-order valence-corrected chi connectivity index (χ2v) is 12.2. The highest BCUT2D eigenvalue weighted by atomic mass is 79.9. The van der Waals surface area contributed by atoms with Crippen molar-refractivity contribution in [3.63, 3.8) is 0 Å². The maximum absolute atomic E-state index is 13.5. The molecule has 12 heteroatoms. The van der Waals surface area contributed by atoms with Gasteiger partial charge in [-0.2, -0.15) is 13.2 Å². The Kier molecular flexibility index (Phi) is 9.22. The molecule has 0 spiro atoms. The van der Waals surface area contributed by atoms with Gasteiger partial charge in [-0.15, -0.1) is 0 Å². The number of hydrogen-bond donors (Lipinski definition) is 1. The topological polar surface area (TPSA) is 86.8 Å². The van der Waals surface area contributed by atoms with Gasteiger partial charge in [-0.1, -0.05) is 34.1 Å². The lowest BCUT2D eigenvalue weighted by Crippen LogP contribution is -2.54. The van der Waals surface area contributed by atoms with Gasteiger partial charge in [0, 0.05) is 16.6 Å². The van der Waals surface area contributed by atoms with Crippen molar-refractivity contribution in [3.05, 3.63) is 64.1 Å². The van der Waals surface area contributed by atoms with Crippen LogP contribution in [0.1, 0.15) is 38.8 Å². The van der Waals surface area contributed by atoms with Crippen LogP contribution in [0.4, 0.5) is 18.9 Å². The van der Waals surface area contributed by atoms with Crippen molar-refractivity contribution in [2.45, 2.75) is 52.0 Å². The largest absolute Gasteiger partial charge is 0.416 e. The van der Waals surface area contributed by atoms with Crippen molar-refractivity contribution in [2.24, 2.45) is 0 Å². The highest BCUT2D eigenvalue weighted by Gasteiger charge is 2.34. The van der Waals surface area contributed by atoms with E-state index in [2.05, 4.69) is 21.2 Å². The molecule has 36 heavy (non-hydrogen) atoms. The van der Waals surface area contributed by atoms with Gasteiger partial charge < -0.3 is 10.2 Å². The molecule has 198 valence electrons. The Bertz CT molecular complexity index is 1210. The Morgan fingerprint density at radius 1 is 1.06 bits per heavy atom. The summed E-state index contributed by atoms with van der Waals surface area (Å²) in [6.45, 7) is 6.01. The maximum Gasteiger partial charge on any atom is 0.416 e. The number of hydrogen-bond acceptors (Lipinski definition) is 4. The van der Waals surface area contributed by atoms with E-state index in [4.69, 9.17) is 0 Å². The van der Waals surface area contributed by atoms with Gasteiger partial charge in [-0.3, -0.25) is 13.9 Å². The first-order valence-corrected chi connectivity index (χ1v) is 13.5. The lowest BCUT2D eigenvalue weighted by molar-refractivity contribution is -0.140. The van der Waals surface area contributed by atoms with Crippen LogP contribution in [-0.4, -0.2) is 49.5 Å². The van der Waals surface area contributed by atoms with Crippen molar-refractivity contribution in [1.29, 1.82) is 0 Å². The molecule has 0 bridgehead atoms. The molecule has 1 unspecified atom stereocenters. The molecule has 0 aliphatic heterocycles. The summed E-state index contributed by atoms with van der Waals surface area (Å²) in [6, 6.07) is 9.73. The number of anilines is 1. The van der Waals surface area contributed by atoms with Crippen molar-refractivity contribution >= 4 is 43.5 Å². The fourth-order valence-corrected chi connectivity index (χ4v) is 4.63. The van der Waals surface area contributed by atoms with Gasteiger partial charge in [-0.05, 0) is 63.6 Å². The number of alkyl halides is 3. The Balaban J connectivity index is 2.46. The molecular formula is C24H29BrF3N3O4S. The van der Waals surface area contributed by atoms with Crippen LogP contribution in [0.3, 0.4) is 0 Å². The zero-order valence-corrected chi connectivity index (χ0v) is 23.0. The molecule has 0 aliphatic carbocycles. The molecule has 2 rings (SSSR count). The van der Waals surface area contributed by atoms with Crippen LogP contribution in [0.25, 0.3) is 0 Å². The number of halogens is 4. The normalized spacial score (nSPS) is 13.1.